The average Bonchev–Trinajstić information content (AvgIpc) is 2.79. The molecule has 1 fully saturated rings. The molecule has 4 heteroatoms. The maximum Gasteiger partial charge on any atom is 0.126 e. The highest BCUT2D eigenvalue weighted by atomic mass is 16.5. The fraction of sp³-hybridized carbons (Fsp3) is 0.280. The fourth-order valence-electron chi connectivity index (χ4n) is 4.61. The molecule has 2 atom stereocenters. The lowest BCUT2D eigenvalue weighted by atomic mass is 9.76. The zero-order chi connectivity index (χ0) is 19.6. The number of aromatic hydroxyl groups is 1. The van der Waals surface area contributed by atoms with Crippen LogP contribution in [0.1, 0.15) is 28.5 Å². The maximum absolute atomic E-state index is 9.92. The van der Waals surface area contributed by atoms with E-state index in [2.05, 4.69) is 64.8 Å². The molecular formula is C25H26N2O2. The van der Waals surface area contributed by atoms with Crippen LogP contribution in [0.4, 0.5) is 5.69 Å². The monoisotopic (exact) mass is 386 g/mol. The SMILES string of the molecule is Oc1ccc2c(c1)OCC(c1ccccc1)[C@@H]2c1ccc(N2CCNCC2)cc1. The smallest absolute Gasteiger partial charge is 0.126 e. The Balaban J connectivity index is 1.53. The van der Waals surface area contributed by atoms with E-state index in [1.54, 1.807) is 12.1 Å². The minimum atomic E-state index is 0.193. The molecule has 148 valence electrons. The van der Waals surface area contributed by atoms with Crippen molar-refractivity contribution in [3.8, 4) is 11.5 Å². The van der Waals surface area contributed by atoms with E-state index in [-0.39, 0.29) is 17.6 Å². The summed E-state index contributed by atoms with van der Waals surface area (Å²) in [4.78, 5) is 2.44. The molecule has 4 nitrogen and oxygen atoms in total. The Morgan fingerprint density at radius 1 is 0.862 bits per heavy atom. The Labute approximate surface area is 171 Å². The largest absolute Gasteiger partial charge is 0.508 e. The van der Waals surface area contributed by atoms with Crippen LogP contribution in [0.25, 0.3) is 0 Å². The third-order valence-corrected chi connectivity index (χ3v) is 6.12. The van der Waals surface area contributed by atoms with Crippen LogP contribution in [-0.2, 0) is 0 Å². The predicted octanol–water partition coefficient (Wildman–Crippen LogP) is 4.11. The molecule has 0 aliphatic carbocycles. The Morgan fingerprint density at radius 2 is 1.62 bits per heavy atom. The number of hydrogen-bond donors (Lipinski definition) is 2. The van der Waals surface area contributed by atoms with Crippen LogP contribution in [0.3, 0.4) is 0 Å². The first kappa shape index (κ1) is 18.1. The Bertz CT molecular complexity index is 966. The van der Waals surface area contributed by atoms with Crippen LogP contribution < -0.4 is 15.0 Å². The summed E-state index contributed by atoms with van der Waals surface area (Å²) in [5, 5.41) is 13.3. The molecule has 3 aromatic rings. The normalized spacial score (nSPS) is 21.3. The van der Waals surface area contributed by atoms with Gasteiger partial charge in [-0.3, -0.25) is 0 Å². The first-order valence-corrected chi connectivity index (χ1v) is 10.4. The lowest BCUT2D eigenvalue weighted by Gasteiger charge is -2.35. The van der Waals surface area contributed by atoms with Crippen molar-refractivity contribution in [2.75, 3.05) is 37.7 Å². The number of phenolic OH excluding ortho intramolecular Hbond substituents is 1. The van der Waals surface area contributed by atoms with E-state index in [9.17, 15) is 5.11 Å². The summed E-state index contributed by atoms with van der Waals surface area (Å²) >= 11 is 0. The van der Waals surface area contributed by atoms with Gasteiger partial charge in [0.05, 0.1) is 6.61 Å². The summed E-state index contributed by atoms with van der Waals surface area (Å²) in [6.07, 6.45) is 0. The highest BCUT2D eigenvalue weighted by molar-refractivity contribution is 5.54. The maximum atomic E-state index is 9.92. The van der Waals surface area contributed by atoms with Crippen molar-refractivity contribution < 1.29 is 9.84 Å². The predicted molar refractivity (Wildman–Crippen MR) is 116 cm³/mol. The van der Waals surface area contributed by atoms with Crippen LogP contribution >= 0.6 is 0 Å². The highest BCUT2D eigenvalue weighted by Crippen LogP contribution is 2.47. The van der Waals surface area contributed by atoms with E-state index in [0.29, 0.717) is 6.61 Å². The van der Waals surface area contributed by atoms with Gasteiger partial charge >= 0.3 is 0 Å². The van der Waals surface area contributed by atoms with Gasteiger partial charge < -0.3 is 20.1 Å². The van der Waals surface area contributed by atoms with E-state index < -0.39 is 0 Å². The van der Waals surface area contributed by atoms with Crippen LogP contribution in [0.15, 0.2) is 72.8 Å². The van der Waals surface area contributed by atoms with Gasteiger partial charge in [0, 0.05) is 55.3 Å². The molecule has 1 saturated heterocycles. The first-order chi connectivity index (χ1) is 14.3. The van der Waals surface area contributed by atoms with E-state index in [0.717, 1.165) is 37.5 Å². The van der Waals surface area contributed by atoms with Crippen molar-refractivity contribution in [1.82, 2.24) is 5.32 Å². The van der Waals surface area contributed by atoms with Gasteiger partial charge in [-0.15, -0.1) is 0 Å². The number of phenols is 1. The molecule has 0 saturated carbocycles. The Kier molecular flexibility index (Phi) is 4.86. The van der Waals surface area contributed by atoms with E-state index in [4.69, 9.17) is 4.74 Å². The van der Waals surface area contributed by atoms with Gasteiger partial charge in [0.1, 0.15) is 11.5 Å². The average molecular weight is 386 g/mol. The molecular weight excluding hydrogens is 360 g/mol. The summed E-state index contributed by atoms with van der Waals surface area (Å²) in [7, 11) is 0. The second-order valence-electron chi connectivity index (χ2n) is 7.86. The van der Waals surface area contributed by atoms with Gasteiger partial charge in [0.15, 0.2) is 0 Å². The van der Waals surface area contributed by atoms with Crippen molar-refractivity contribution in [2.24, 2.45) is 0 Å². The quantitative estimate of drug-likeness (QED) is 0.711. The number of nitrogens with zero attached hydrogens (tertiary/aromatic N) is 1. The van der Waals surface area contributed by atoms with E-state index >= 15 is 0 Å². The summed E-state index contributed by atoms with van der Waals surface area (Å²) < 4.78 is 6.07. The minimum absolute atomic E-state index is 0.193. The van der Waals surface area contributed by atoms with Gasteiger partial charge in [0.2, 0.25) is 0 Å². The summed E-state index contributed by atoms with van der Waals surface area (Å²) in [6, 6.07) is 25.1. The molecule has 1 unspecified atom stereocenters. The molecule has 5 rings (SSSR count). The highest BCUT2D eigenvalue weighted by Gasteiger charge is 2.33. The van der Waals surface area contributed by atoms with Crippen molar-refractivity contribution >= 4 is 5.69 Å². The molecule has 3 aromatic carbocycles. The summed E-state index contributed by atoms with van der Waals surface area (Å²) in [5.74, 6) is 1.46. The van der Waals surface area contributed by atoms with Gasteiger partial charge in [-0.1, -0.05) is 48.5 Å². The van der Waals surface area contributed by atoms with E-state index in [1.165, 1.54) is 16.8 Å². The number of nitrogens with one attached hydrogen (secondary N) is 1. The standard InChI is InChI=1S/C25H26N2O2/c28-21-10-11-22-24(16-21)29-17-23(18-4-2-1-3-5-18)25(22)19-6-8-20(9-7-19)27-14-12-26-13-15-27/h1-11,16,23,25-26,28H,12-15,17H2/t23?,25-/m1/s1. The third-order valence-electron chi connectivity index (χ3n) is 6.12. The lowest BCUT2D eigenvalue weighted by Crippen LogP contribution is -2.43. The van der Waals surface area contributed by atoms with E-state index in [1.807, 2.05) is 6.07 Å². The number of benzene rings is 3. The molecule has 2 N–H and O–H groups in total. The van der Waals surface area contributed by atoms with Gasteiger partial charge in [0.25, 0.3) is 0 Å². The number of fused-ring (bicyclic) bond motifs is 1. The number of piperazine rings is 1. The first-order valence-electron chi connectivity index (χ1n) is 10.4. The third kappa shape index (κ3) is 3.56. The second-order valence-corrected chi connectivity index (χ2v) is 7.86. The molecule has 2 heterocycles. The molecule has 0 amide bonds. The molecule has 0 aromatic heterocycles. The topological polar surface area (TPSA) is 44.7 Å². The van der Waals surface area contributed by atoms with Crippen molar-refractivity contribution in [1.29, 1.82) is 0 Å². The summed E-state index contributed by atoms with van der Waals surface area (Å²) in [5.41, 5.74) is 4.98. The second kappa shape index (κ2) is 7.80. The molecule has 0 radical (unpaired) electrons. The molecule has 2 aliphatic rings. The van der Waals surface area contributed by atoms with Crippen LogP contribution in [0.2, 0.25) is 0 Å². The zero-order valence-electron chi connectivity index (χ0n) is 16.4. The number of anilines is 1. The lowest BCUT2D eigenvalue weighted by molar-refractivity contribution is 0.248. The van der Waals surface area contributed by atoms with Crippen molar-refractivity contribution in [3.05, 3.63) is 89.5 Å². The van der Waals surface area contributed by atoms with Crippen molar-refractivity contribution in [2.45, 2.75) is 11.8 Å². The fourth-order valence-corrected chi connectivity index (χ4v) is 4.61. The van der Waals surface area contributed by atoms with Crippen LogP contribution in [-0.4, -0.2) is 37.9 Å². The van der Waals surface area contributed by atoms with Crippen molar-refractivity contribution in [3.63, 3.8) is 0 Å². The number of ether oxygens (including phenoxy) is 1. The zero-order valence-corrected chi connectivity index (χ0v) is 16.4. The van der Waals surface area contributed by atoms with Gasteiger partial charge in [-0.05, 0) is 29.3 Å². The Morgan fingerprint density at radius 3 is 2.38 bits per heavy atom. The van der Waals surface area contributed by atoms with Gasteiger partial charge in [-0.2, -0.15) is 0 Å². The van der Waals surface area contributed by atoms with Crippen LogP contribution in [0, 0.1) is 0 Å². The molecule has 29 heavy (non-hydrogen) atoms. The molecule has 0 bridgehead atoms. The van der Waals surface area contributed by atoms with Gasteiger partial charge in [-0.25, -0.2) is 0 Å². The Hall–Kier alpha value is -2.98. The number of hydrogen-bond acceptors (Lipinski definition) is 4. The van der Waals surface area contributed by atoms with Crippen LogP contribution in [0.5, 0.6) is 11.5 Å². The molecule has 0 spiro atoms. The number of rotatable bonds is 3. The minimum Gasteiger partial charge on any atom is -0.508 e. The summed E-state index contributed by atoms with van der Waals surface area (Å²) in [6.45, 7) is 4.77. The molecule has 2 aliphatic heterocycles.